The molecule has 3 unspecified atom stereocenters. The lowest BCUT2D eigenvalue weighted by Crippen LogP contribution is -2.52. The highest BCUT2D eigenvalue weighted by atomic mass is 16.3. The van der Waals surface area contributed by atoms with Gasteiger partial charge in [0.05, 0.1) is 0 Å². The first-order chi connectivity index (χ1) is 11.9. The van der Waals surface area contributed by atoms with Gasteiger partial charge in [-0.3, -0.25) is 14.5 Å². The Morgan fingerprint density at radius 2 is 2.00 bits per heavy atom. The molecule has 4 saturated carbocycles. The zero-order chi connectivity index (χ0) is 17.3. The van der Waals surface area contributed by atoms with E-state index in [1.54, 1.807) is 18.2 Å². The number of nitrogens with zero attached hydrogens (tertiary/aromatic N) is 1. The Bertz CT molecular complexity index is 763. The van der Waals surface area contributed by atoms with Gasteiger partial charge in [0.25, 0.3) is 5.91 Å². The summed E-state index contributed by atoms with van der Waals surface area (Å²) >= 11 is 0. The highest BCUT2D eigenvalue weighted by Crippen LogP contribution is 2.60. The number of hydrogen-bond donors (Lipinski definition) is 3. The smallest absolute Gasteiger partial charge is 0.257 e. The quantitative estimate of drug-likeness (QED) is 0.724. The third-order valence-electron chi connectivity index (χ3n) is 6.83. The van der Waals surface area contributed by atoms with Gasteiger partial charge in [-0.2, -0.15) is 0 Å². The Hall–Kier alpha value is -2.08. The van der Waals surface area contributed by atoms with Crippen molar-refractivity contribution >= 4 is 17.5 Å². The van der Waals surface area contributed by atoms with Gasteiger partial charge in [-0.1, -0.05) is 0 Å². The topological polar surface area (TPSA) is 95.7 Å². The molecule has 25 heavy (non-hydrogen) atoms. The molecule has 3 atom stereocenters. The second kappa shape index (κ2) is 4.97. The minimum atomic E-state index is -1.11. The Morgan fingerprint density at radius 3 is 2.72 bits per heavy atom. The molecule has 6 nitrogen and oxygen atoms in total. The third-order valence-corrected chi connectivity index (χ3v) is 6.83. The maximum Gasteiger partial charge on any atom is 0.257 e. The van der Waals surface area contributed by atoms with Gasteiger partial charge >= 0.3 is 0 Å². The van der Waals surface area contributed by atoms with Crippen LogP contribution in [0.1, 0.15) is 54.3 Å². The highest BCUT2D eigenvalue weighted by Gasteiger charge is 2.58. The number of anilines is 1. The summed E-state index contributed by atoms with van der Waals surface area (Å²) in [6, 6.07) is 4.86. The van der Waals surface area contributed by atoms with Gasteiger partial charge in [0.2, 0.25) is 5.91 Å². The van der Waals surface area contributed by atoms with Gasteiger partial charge < -0.3 is 16.2 Å². The van der Waals surface area contributed by atoms with E-state index in [0.717, 1.165) is 24.7 Å². The third kappa shape index (κ3) is 2.13. The van der Waals surface area contributed by atoms with Crippen LogP contribution in [0, 0.1) is 17.8 Å². The zero-order valence-corrected chi connectivity index (χ0v) is 14.1. The predicted molar refractivity (Wildman–Crippen MR) is 91.3 cm³/mol. The van der Waals surface area contributed by atoms with Crippen LogP contribution in [0.3, 0.4) is 0 Å². The molecule has 1 aromatic carbocycles. The fourth-order valence-electron chi connectivity index (χ4n) is 6.05. The summed E-state index contributed by atoms with van der Waals surface area (Å²) in [6.45, 7) is -0.113. The van der Waals surface area contributed by atoms with E-state index in [-0.39, 0.29) is 23.9 Å². The van der Waals surface area contributed by atoms with Crippen LogP contribution in [-0.2, 0) is 4.79 Å². The molecular weight excluding hydrogens is 318 g/mol. The van der Waals surface area contributed by atoms with Gasteiger partial charge in [0.15, 0.2) is 6.23 Å². The molecule has 5 aliphatic rings. The van der Waals surface area contributed by atoms with Crippen molar-refractivity contribution in [3.8, 4) is 0 Å². The standard InChI is InChI=1S/C19H23N3O3/c20-13-1-2-14-15(6-13)18(25)22(17(14)24)9-16(23)21-19-7-10-3-11(8-19)5-12(19)4-10/h1-2,6,10-12,18,25H,3-5,7-9,20H2,(H,21,23). The van der Waals surface area contributed by atoms with E-state index >= 15 is 0 Å². The van der Waals surface area contributed by atoms with E-state index in [1.807, 2.05) is 0 Å². The number of hydrogen-bond acceptors (Lipinski definition) is 4. The Labute approximate surface area is 146 Å². The van der Waals surface area contributed by atoms with Crippen molar-refractivity contribution in [2.24, 2.45) is 17.8 Å². The minimum Gasteiger partial charge on any atom is -0.399 e. The molecule has 1 heterocycles. The van der Waals surface area contributed by atoms with Crippen molar-refractivity contribution in [1.29, 1.82) is 0 Å². The van der Waals surface area contributed by atoms with Gasteiger partial charge in [0.1, 0.15) is 6.54 Å². The van der Waals surface area contributed by atoms with Crippen LogP contribution >= 0.6 is 0 Å². The molecule has 0 radical (unpaired) electrons. The molecule has 4 N–H and O–H groups in total. The van der Waals surface area contributed by atoms with Gasteiger partial charge in [-0.25, -0.2) is 0 Å². The van der Waals surface area contributed by atoms with Crippen molar-refractivity contribution < 1.29 is 14.7 Å². The Morgan fingerprint density at radius 1 is 1.28 bits per heavy atom. The molecular formula is C19H23N3O3. The average Bonchev–Trinajstić information content (AvgIpc) is 3.03. The van der Waals surface area contributed by atoms with Crippen LogP contribution in [0.2, 0.25) is 0 Å². The van der Waals surface area contributed by atoms with Gasteiger partial charge in [-0.15, -0.1) is 0 Å². The normalized spacial score (nSPS) is 37.6. The number of carbonyl (C=O) groups is 2. The molecule has 2 amide bonds. The first kappa shape index (κ1) is 15.2. The van der Waals surface area contributed by atoms with Crippen molar-refractivity contribution in [2.45, 2.75) is 43.9 Å². The number of carbonyl (C=O) groups excluding carboxylic acids is 2. The lowest BCUT2D eigenvalue weighted by atomic mass is 9.80. The number of aliphatic hydroxyl groups excluding tert-OH is 1. The number of benzene rings is 1. The Kier molecular flexibility index (Phi) is 3.02. The summed E-state index contributed by atoms with van der Waals surface area (Å²) in [4.78, 5) is 26.4. The van der Waals surface area contributed by atoms with Crippen LogP contribution in [0.4, 0.5) is 5.69 Å². The summed E-state index contributed by atoms with van der Waals surface area (Å²) < 4.78 is 0. The van der Waals surface area contributed by atoms with Gasteiger partial charge in [0, 0.05) is 22.4 Å². The number of rotatable bonds is 3. The number of nitrogens with one attached hydrogen (secondary N) is 1. The molecule has 0 aromatic heterocycles. The van der Waals surface area contributed by atoms with Crippen LogP contribution in [0.25, 0.3) is 0 Å². The van der Waals surface area contributed by atoms with Crippen LogP contribution < -0.4 is 11.1 Å². The van der Waals surface area contributed by atoms with Crippen molar-refractivity contribution in [1.82, 2.24) is 10.2 Å². The van der Waals surface area contributed by atoms with Gasteiger partial charge in [-0.05, 0) is 68.1 Å². The molecule has 132 valence electrons. The second-order valence-electron chi connectivity index (χ2n) is 8.40. The van der Waals surface area contributed by atoms with Crippen molar-refractivity contribution in [3.05, 3.63) is 29.3 Å². The molecule has 6 heteroatoms. The SMILES string of the molecule is Nc1ccc2c(c1)C(O)N(CC(=O)NC13CC4CC(CC1C4)C3)C2=O. The van der Waals surface area contributed by atoms with E-state index in [1.165, 1.54) is 24.2 Å². The summed E-state index contributed by atoms with van der Waals surface area (Å²) in [7, 11) is 0. The minimum absolute atomic E-state index is 0.0599. The molecule has 6 rings (SSSR count). The fraction of sp³-hybridized carbons (Fsp3) is 0.579. The monoisotopic (exact) mass is 341 g/mol. The van der Waals surface area contributed by atoms with E-state index in [2.05, 4.69) is 5.32 Å². The highest BCUT2D eigenvalue weighted by molar-refractivity contribution is 6.01. The molecule has 4 bridgehead atoms. The second-order valence-corrected chi connectivity index (χ2v) is 8.40. The molecule has 1 aliphatic heterocycles. The fourth-order valence-corrected chi connectivity index (χ4v) is 6.05. The summed E-state index contributed by atoms with van der Waals surface area (Å²) in [5.41, 5.74) is 7.09. The predicted octanol–water partition coefficient (Wildman–Crippen LogP) is 1.41. The van der Waals surface area contributed by atoms with Crippen LogP contribution in [0.15, 0.2) is 18.2 Å². The van der Waals surface area contributed by atoms with Crippen molar-refractivity contribution in [3.63, 3.8) is 0 Å². The average molecular weight is 341 g/mol. The number of aliphatic hydroxyl groups is 1. The maximum absolute atomic E-state index is 12.7. The lowest BCUT2D eigenvalue weighted by Gasteiger charge is -2.34. The van der Waals surface area contributed by atoms with E-state index < -0.39 is 6.23 Å². The van der Waals surface area contributed by atoms with Crippen LogP contribution in [-0.4, -0.2) is 33.9 Å². The zero-order valence-electron chi connectivity index (χ0n) is 14.1. The summed E-state index contributed by atoms with van der Waals surface area (Å²) in [5.74, 6) is 1.62. The molecule has 0 spiro atoms. The number of amides is 2. The van der Waals surface area contributed by atoms with Crippen molar-refractivity contribution in [2.75, 3.05) is 12.3 Å². The Balaban J connectivity index is 1.32. The number of fused-ring (bicyclic) bond motifs is 1. The number of nitrogens with two attached hydrogens (primary N) is 1. The van der Waals surface area contributed by atoms with E-state index in [0.29, 0.717) is 22.7 Å². The molecule has 0 saturated heterocycles. The molecule has 4 aliphatic carbocycles. The maximum atomic E-state index is 12.7. The molecule has 1 aromatic rings. The first-order valence-corrected chi connectivity index (χ1v) is 9.15. The van der Waals surface area contributed by atoms with E-state index in [4.69, 9.17) is 5.73 Å². The summed E-state index contributed by atoms with van der Waals surface area (Å²) in [6.07, 6.45) is 4.82. The first-order valence-electron chi connectivity index (χ1n) is 9.15. The van der Waals surface area contributed by atoms with Crippen LogP contribution in [0.5, 0.6) is 0 Å². The summed E-state index contributed by atoms with van der Waals surface area (Å²) in [5, 5.41) is 13.7. The molecule has 4 fully saturated rings. The largest absolute Gasteiger partial charge is 0.399 e. The number of nitrogen functional groups attached to an aromatic ring is 1. The lowest BCUT2D eigenvalue weighted by molar-refractivity contribution is -0.126. The van der Waals surface area contributed by atoms with E-state index in [9.17, 15) is 14.7 Å².